The number of nitrogens with zero attached hydrogens (tertiary/aromatic N) is 4. The molecule has 1 saturated heterocycles. The van der Waals surface area contributed by atoms with Crippen molar-refractivity contribution in [2.24, 2.45) is 5.92 Å². The van der Waals surface area contributed by atoms with Gasteiger partial charge in [-0.25, -0.2) is 9.97 Å². The standard InChI is InChI=1S/C27H34N4O2/c1-19-23-17-25(33)31(14-7-12-20-8-3-2-4-9-20)27(23)29-26(28-19)22-13-15-30(18-22)24(32)16-21-10-5-6-11-21/h2-4,8-9,21-22H,5-7,10-18H2,1H3. The van der Waals surface area contributed by atoms with E-state index in [0.717, 1.165) is 48.7 Å². The van der Waals surface area contributed by atoms with Gasteiger partial charge in [-0.05, 0) is 50.5 Å². The van der Waals surface area contributed by atoms with E-state index in [4.69, 9.17) is 9.97 Å². The molecule has 0 bridgehead atoms. The molecule has 174 valence electrons. The lowest BCUT2D eigenvalue weighted by Gasteiger charge is -2.20. The molecular weight excluding hydrogens is 412 g/mol. The van der Waals surface area contributed by atoms with Crippen molar-refractivity contribution < 1.29 is 9.59 Å². The zero-order valence-electron chi connectivity index (χ0n) is 19.6. The van der Waals surface area contributed by atoms with E-state index in [9.17, 15) is 9.59 Å². The highest BCUT2D eigenvalue weighted by Gasteiger charge is 2.35. The summed E-state index contributed by atoms with van der Waals surface area (Å²) in [5.41, 5.74) is 3.16. The second-order valence-corrected chi connectivity index (χ2v) is 9.96. The van der Waals surface area contributed by atoms with Crippen LogP contribution in [0.4, 0.5) is 5.82 Å². The first-order chi connectivity index (χ1) is 16.1. The largest absolute Gasteiger partial charge is 0.342 e. The van der Waals surface area contributed by atoms with Crippen LogP contribution in [0.25, 0.3) is 0 Å². The Kier molecular flexibility index (Phi) is 6.43. The second kappa shape index (κ2) is 9.62. The molecule has 1 atom stereocenters. The van der Waals surface area contributed by atoms with Crippen molar-refractivity contribution in [2.75, 3.05) is 24.5 Å². The third-order valence-corrected chi connectivity index (χ3v) is 7.63. The Balaban J connectivity index is 1.25. The van der Waals surface area contributed by atoms with E-state index in [1.807, 2.05) is 22.8 Å². The third-order valence-electron chi connectivity index (χ3n) is 7.63. The summed E-state index contributed by atoms with van der Waals surface area (Å²) in [4.78, 5) is 39.1. The van der Waals surface area contributed by atoms with Crippen molar-refractivity contribution in [3.05, 3.63) is 53.0 Å². The molecule has 2 aliphatic heterocycles. The predicted molar refractivity (Wildman–Crippen MR) is 128 cm³/mol. The van der Waals surface area contributed by atoms with Crippen LogP contribution >= 0.6 is 0 Å². The highest BCUT2D eigenvalue weighted by molar-refractivity contribution is 6.00. The molecule has 0 spiro atoms. The number of hydrogen-bond acceptors (Lipinski definition) is 4. The molecule has 1 aromatic heterocycles. The molecule has 3 heterocycles. The SMILES string of the molecule is Cc1nc(C2CCN(C(=O)CC3CCCC3)C2)nc2c1CC(=O)N2CCCc1ccccc1. The van der Waals surface area contributed by atoms with Gasteiger partial charge >= 0.3 is 0 Å². The van der Waals surface area contributed by atoms with E-state index in [1.165, 1.54) is 31.2 Å². The van der Waals surface area contributed by atoms with Crippen molar-refractivity contribution in [3.8, 4) is 0 Å². The molecule has 1 saturated carbocycles. The second-order valence-electron chi connectivity index (χ2n) is 9.96. The highest BCUT2D eigenvalue weighted by atomic mass is 16.2. The molecule has 6 nitrogen and oxygen atoms in total. The average Bonchev–Trinajstić information content (AvgIpc) is 3.56. The molecule has 5 rings (SSSR count). The lowest BCUT2D eigenvalue weighted by atomic mass is 10.0. The van der Waals surface area contributed by atoms with Crippen LogP contribution in [0.1, 0.15) is 73.5 Å². The van der Waals surface area contributed by atoms with E-state index in [1.54, 1.807) is 0 Å². The first-order valence-corrected chi connectivity index (χ1v) is 12.6. The molecule has 1 unspecified atom stereocenters. The monoisotopic (exact) mass is 446 g/mol. The van der Waals surface area contributed by atoms with Gasteiger partial charge in [-0.3, -0.25) is 14.5 Å². The van der Waals surface area contributed by atoms with Gasteiger partial charge < -0.3 is 4.90 Å². The van der Waals surface area contributed by atoms with Gasteiger partial charge in [0.25, 0.3) is 0 Å². The van der Waals surface area contributed by atoms with Gasteiger partial charge in [-0.15, -0.1) is 0 Å². The van der Waals surface area contributed by atoms with Crippen LogP contribution in [0, 0.1) is 12.8 Å². The number of aryl methyl sites for hydroxylation is 2. The van der Waals surface area contributed by atoms with Crippen molar-refractivity contribution in [2.45, 2.75) is 70.6 Å². The van der Waals surface area contributed by atoms with Gasteiger partial charge in [0.05, 0.1) is 6.42 Å². The van der Waals surface area contributed by atoms with Gasteiger partial charge in [0.15, 0.2) is 0 Å². The van der Waals surface area contributed by atoms with Crippen LogP contribution < -0.4 is 4.90 Å². The molecule has 33 heavy (non-hydrogen) atoms. The Morgan fingerprint density at radius 1 is 1.09 bits per heavy atom. The first kappa shape index (κ1) is 22.1. The molecule has 3 aliphatic rings. The normalized spacial score (nSPS) is 20.6. The van der Waals surface area contributed by atoms with Crippen molar-refractivity contribution >= 4 is 17.6 Å². The number of carbonyl (C=O) groups excluding carboxylic acids is 2. The van der Waals surface area contributed by atoms with E-state index >= 15 is 0 Å². The fraction of sp³-hybridized carbons (Fsp3) is 0.556. The number of hydrogen-bond donors (Lipinski definition) is 0. The van der Waals surface area contributed by atoms with Crippen molar-refractivity contribution in [3.63, 3.8) is 0 Å². The quantitative estimate of drug-likeness (QED) is 0.639. The van der Waals surface area contributed by atoms with Crippen LogP contribution in [0.2, 0.25) is 0 Å². The van der Waals surface area contributed by atoms with E-state index in [-0.39, 0.29) is 11.8 Å². The lowest BCUT2D eigenvalue weighted by Crippen LogP contribution is -2.30. The fourth-order valence-corrected chi connectivity index (χ4v) is 5.68. The number of carbonyl (C=O) groups is 2. The number of anilines is 1. The Bertz CT molecular complexity index is 1020. The number of amides is 2. The third kappa shape index (κ3) is 4.80. The lowest BCUT2D eigenvalue weighted by molar-refractivity contribution is -0.131. The molecule has 2 aromatic rings. The number of rotatable bonds is 7. The minimum atomic E-state index is 0.118. The maximum atomic E-state index is 12.8. The molecular formula is C27H34N4O2. The van der Waals surface area contributed by atoms with Gasteiger partial charge in [0, 0.05) is 43.2 Å². The maximum absolute atomic E-state index is 12.8. The van der Waals surface area contributed by atoms with E-state index in [0.29, 0.717) is 37.8 Å². The smallest absolute Gasteiger partial charge is 0.232 e. The summed E-state index contributed by atoms with van der Waals surface area (Å²) < 4.78 is 0. The number of benzene rings is 1. The van der Waals surface area contributed by atoms with Crippen LogP contribution in [0.15, 0.2) is 30.3 Å². The van der Waals surface area contributed by atoms with E-state index in [2.05, 4.69) is 24.3 Å². The van der Waals surface area contributed by atoms with Crippen LogP contribution in [-0.2, 0) is 22.4 Å². The average molecular weight is 447 g/mol. The van der Waals surface area contributed by atoms with Gasteiger partial charge in [-0.2, -0.15) is 0 Å². The summed E-state index contributed by atoms with van der Waals surface area (Å²) in [5, 5.41) is 0. The molecule has 1 aromatic carbocycles. The highest BCUT2D eigenvalue weighted by Crippen LogP contribution is 2.34. The molecule has 2 amide bonds. The van der Waals surface area contributed by atoms with Crippen LogP contribution in [0.3, 0.4) is 0 Å². The fourth-order valence-electron chi connectivity index (χ4n) is 5.68. The number of aromatic nitrogens is 2. The van der Waals surface area contributed by atoms with Crippen LogP contribution in [0.5, 0.6) is 0 Å². The molecule has 2 fully saturated rings. The summed E-state index contributed by atoms with van der Waals surface area (Å²) in [5.74, 6) is 2.73. The summed E-state index contributed by atoms with van der Waals surface area (Å²) in [6, 6.07) is 10.4. The molecule has 1 aliphatic carbocycles. The van der Waals surface area contributed by atoms with Gasteiger partial charge in [0.2, 0.25) is 11.8 Å². The summed E-state index contributed by atoms with van der Waals surface area (Å²) >= 11 is 0. The first-order valence-electron chi connectivity index (χ1n) is 12.6. The van der Waals surface area contributed by atoms with E-state index < -0.39 is 0 Å². The zero-order valence-corrected chi connectivity index (χ0v) is 19.6. The molecule has 0 N–H and O–H groups in total. The maximum Gasteiger partial charge on any atom is 0.232 e. The van der Waals surface area contributed by atoms with Crippen molar-refractivity contribution in [1.82, 2.24) is 14.9 Å². The van der Waals surface area contributed by atoms with Gasteiger partial charge in [0.1, 0.15) is 11.6 Å². The Hall–Kier alpha value is -2.76. The van der Waals surface area contributed by atoms with Crippen molar-refractivity contribution in [1.29, 1.82) is 0 Å². The number of likely N-dealkylation sites (tertiary alicyclic amines) is 1. The summed E-state index contributed by atoms with van der Waals surface area (Å²) in [6.07, 6.45) is 8.76. The summed E-state index contributed by atoms with van der Waals surface area (Å²) in [7, 11) is 0. The Labute approximate surface area is 196 Å². The number of fused-ring (bicyclic) bond motifs is 1. The molecule has 6 heteroatoms. The minimum absolute atomic E-state index is 0.118. The zero-order chi connectivity index (χ0) is 22.8. The Morgan fingerprint density at radius 3 is 2.67 bits per heavy atom. The molecule has 0 radical (unpaired) electrons. The topological polar surface area (TPSA) is 66.4 Å². The van der Waals surface area contributed by atoms with Crippen LogP contribution in [-0.4, -0.2) is 46.3 Å². The Morgan fingerprint density at radius 2 is 1.88 bits per heavy atom. The summed E-state index contributed by atoms with van der Waals surface area (Å²) in [6.45, 7) is 4.15. The predicted octanol–water partition coefficient (Wildman–Crippen LogP) is 4.20. The minimum Gasteiger partial charge on any atom is -0.342 e. The van der Waals surface area contributed by atoms with Gasteiger partial charge in [-0.1, -0.05) is 43.2 Å².